The molecule has 4 fully saturated rings. The van der Waals surface area contributed by atoms with Gasteiger partial charge >= 0.3 is 0 Å². The van der Waals surface area contributed by atoms with E-state index in [9.17, 15) is 0 Å². The van der Waals surface area contributed by atoms with Crippen LogP contribution in [-0.2, 0) is 0 Å². The lowest BCUT2D eigenvalue weighted by Gasteiger charge is -2.61. The average Bonchev–Trinajstić information content (AvgIpc) is 3.01. The monoisotopic (exact) mass is 386 g/mol. The summed E-state index contributed by atoms with van der Waals surface area (Å²) in [5.74, 6) is 7.16. The van der Waals surface area contributed by atoms with Gasteiger partial charge < -0.3 is 0 Å². The maximum absolute atomic E-state index is 2.76. The molecule has 4 saturated carbocycles. The molecule has 0 aliphatic heterocycles. The Morgan fingerprint density at radius 2 is 1.46 bits per heavy atom. The maximum atomic E-state index is 2.76. The highest BCUT2D eigenvalue weighted by molar-refractivity contribution is 5.09. The van der Waals surface area contributed by atoms with E-state index >= 15 is 0 Å². The predicted molar refractivity (Wildman–Crippen MR) is 122 cm³/mol. The first-order chi connectivity index (χ1) is 13.4. The summed E-state index contributed by atoms with van der Waals surface area (Å²) in [6.07, 6.45) is 21.4. The number of unbranched alkanes of at least 4 members (excludes halogenated alkanes) is 1. The predicted octanol–water partition coefficient (Wildman–Crippen LogP) is 8.89. The van der Waals surface area contributed by atoms with Crippen LogP contribution in [-0.4, -0.2) is 0 Å². The molecule has 0 radical (unpaired) electrons. The molecule has 0 heteroatoms. The standard InChI is InChI=1S/C28H50/c1-20(2)10-6-7-11-21(3)24-15-16-25-23-14-13-22-12-8-9-18-27(22,4)26(23)17-19-28(24,25)5/h20-26H,6-19H2,1-5H3/t21-,22?,23?,24-,25+,26+,27+,28-/m0/s1. The Balaban J connectivity index is 1.42. The van der Waals surface area contributed by atoms with Crippen molar-refractivity contribution in [1.82, 2.24) is 0 Å². The molecule has 162 valence electrons. The summed E-state index contributed by atoms with van der Waals surface area (Å²) < 4.78 is 0. The van der Waals surface area contributed by atoms with Crippen molar-refractivity contribution in [2.75, 3.05) is 0 Å². The first-order valence-electron chi connectivity index (χ1n) is 13.4. The summed E-state index contributed by atoms with van der Waals surface area (Å²) in [5, 5.41) is 0. The molecule has 0 nitrogen and oxygen atoms in total. The zero-order valence-electron chi connectivity index (χ0n) is 19.9. The van der Waals surface area contributed by atoms with E-state index in [2.05, 4.69) is 34.6 Å². The van der Waals surface area contributed by atoms with Gasteiger partial charge in [0.25, 0.3) is 0 Å². The van der Waals surface area contributed by atoms with Crippen LogP contribution in [0.5, 0.6) is 0 Å². The molecule has 0 spiro atoms. The minimum Gasteiger partial charge on any atom is -0.0628 e. The molecule has 8 atom stereocenters. The summed E-state index contributed by atoms with van der Waals surface area (Å²) in [7, 11) is 0. The van der Waals surface area contributed by atoms with Crippen molar-refractivity contribution in [3.8, 4) is 0 Å². The summed E-state index contributed by atoms with van der Waals surface area (Å²) in [6.45, 7) is 12.9. The van der Waals surface area contributed by atoms with Crippen LogP contribution in [0.15, 0.2) is 0 Å². The van der Waals surface area contributed by atoms with Crippen LogP contribution in [0.25, 0.3) is 0 Å². The van der Waals surface area contributed by atoms with Crippen molar-refractivity contribution in [2.24, 2.45) is 52.3 Å². The second kappa shape index (κ2) is 8.26. The molecule has 4 aliphatic carbocycles. The fourth-order valence-corrected chi connectivity index (χ4v) is 9.49. The average molecular weight is 387 g/mol. The van der Waals surface area contributed by atoms with Crippen molar-refractivity contribution in [2.45, 2.75) is 125 Å². The largest absolute Gasteiger partial charge is 0.0628 e. The Kier molecular flexibility index (Phi) is 6.27. The van der Waals surface area contributed by atoms with Crippen LogP contribution >= 0.6 is 0 Å². The van der Waals surface area contributed by atoms with Gasteiger partial charge in [-0.15, -0.1) is 0 Å². The van der Waals surface area contributed by atoms with Crippen molar-refractivity contribution >= 4 is 0 Å². The van der Waals surface area contributed by atoms with E-state index in [1.807, 2.05) is 0 Å². The summed E-state index contributed by atoms with van der Waals surface area (Å²) in [5.41, 5.74) is 1.39. The molecule has 28 heavy (non-hydrogen) atoms. The zero-order chi connectivity index (χ0) is 19.9. The Morgan fingerprint density at radius 1 is 0.714 bits per heavy atom. The molecule has 0 aromatic rings. The SMILES string of the molecule is CC(C)CCCC[C@H](C)[C@@H]1CC[C@@H]2C3CCC4CCCC[C@@]4(C)[C@@H]3CC[C@]21C. The summed E-state index contributed by atoms with van der Waals surface area (Å²) in [4.78, 5) is 0. The second-order valence-electron chi connectivity index (χ2n) is 12.8. The van der Waals surface area contributed by atoms with Crippen LogP contribution in [0.1, 0.15) is 125 Å². The van der Waals surface area contributed by atoms with Crippen molar-refractivity contribution < 1.29 is 0 Å². The van der Waals surface area contributed by atoms with E-state index in [-0.39, 0.29) is 0 Å². The molecule has 2 unspecified atom stereocenters. The maximum Gasteiger partial charge on any atom is -0.0264 e. The summed E-state index contributed by atoms with van der Waals surface area (Å²) >= 11 is 0. The molecule has 0 heterocycles. The van der Waals surface area contributed by atoms with Gasteiger partial charge in [-0.25, -0.2) is 0 Å². The van der Waals surface area contributed by atoms with Gasteiger partial charge in [0.15, 0.2) is 0 Å². The Morgan fingerprint density at radius 3 is 2.25 bits per heavy atom. The molecule has 0 saturated heterocycles. The molecule has 0 amide bonds. The highest BCUT2D eigenvalue weighted by Gasteiger charge is 2.59. The normalized spacial score (nSPS) is 46.7. The Hall–Kier alpha value is 0. The molecule has 0 bridgehead atoms. The summed E-state index contributed by atoms with van der Waals surface area (Å²) in [6, 6.07) is 0. The van der Waals surface area contributed by atoms with E-state index in [0.29, 0.717) is 10.8 Å². The van der Waals surface area contributed by atoms with E-state index in [1.165, 1.54) is 38.5 Å². The Labute approximate surface area is 177 Å². The number of hydrogen-bond acceptors (Lipinski definition) is 0. The third kappa shape index (κ3) is 3.62. The third-order valence-corrected chi connectivity index (χ3v) is 11.0. The van der Waals surface area contributed by atoms with Crippen LogP contribution in [0.4, 0.5) is 0 Å². The van der Waals surface area contributed by atoms with Crippen molar-refractivity contribution in [3.63, 3.8) is 0 Å². The van der Waals surface area contributed by atoms with Crippen molar-refractivity contribution in [3.05, 3.63) is 0 Å². The molecule has 0 aromatic heterocycles. The minimum atomic E-state index is 0.677. The Bertz CT molecular complexity index is 520. The van der Waals surface area contributed by atoms with Crippen LogP contribution < -0.4 is 0 Å². The topological polar surface area (TPSA) is 0 Å². The van der Waals surface area contributed by atoms with Crippen LogP contribution in [0, 0.1) is 52.3 Å². The number of rotatable bonds is 6. The third-order valence-electron chi connectivity index (χ3n) is 11.0. The van der Waals surface area contributed by atoms with Crippen molar-refractivity contribution in [1.29, 1.82) is 0 Å². The fraction of sp³-hybridized carbons (Fsp3) is 1.00. The quantitative estimate of drug-likeness (QED) is 0.400. The minimum absolute atomic E-state index is 0.677. The molecular formula is C28H50. The van der Waals surface area contributed by atoms with Gasteiger partial charge in [-0.1, -0.05) is 73.1 Å². The van der Waals surface area contributed by atoms with Gasteiger partial charge in [-0.3, -0.25) is 0 Å². The van der Waals surface area contributed by atoms with Gasteiger partial charge in [0.2, 0.25) is 0 Å². The highest BCUT2D eigenvalue weighted by atomic mass is 14.6. The molecule has 0 aromatic carbocycles. The molecular weight excluding hydrogens is 336 g/mol. The number of fused-ring (bicyclic) bond motifs is 5. The van der Waals surface area contributed by atoms with E-state index in [0.717, 1.165) is 41.4 Å². The fourth-order valence-electron chi connectivity index (χ4n) is 9.49. The highest BCUT2D eigenvalue weighted by Crippen LogP contribution is 2.68. The zero-order valence-corrected chi connectivity index (χ0v) is 19.9. The van der Waals surface area contributed by atoms with Gasteiger partial charge in [0.1, 0.15) is 0 Å². The van der Waals surface area contributed by atoms with Gasteiger partial charge in [0, 0.05) is 0 Å². The first-order valence-corrected chi connectivity index (χ1v) is 13.4. The first kappa shape index (κ1) is 21.2. The molecule has 0 N–H and O–H groups in total. The lowest BCUT2D eigenvalue weighted by Crippen LogP contribution is -2.53. The van der Waals surface area contributed by atoms with Gasteiger partial charge in [0.05, 0.1) is 0 Å². The van der Waals surface area contributed by atoms with Gasteiger partial charge in [-0.05, 0) is 104 Å². The lowest BCUT2D eigenvalue weighted by atomic mass is 9.44. The van der Waals surface area contributed by atoms with Crippen LogP contribution in [0.2, 0.25) is 0 Å². The van der Waals surface area contributed by atoms with E-state index < -0.39 is 0 Å². The van der Waals surface area contributed by atoms with E-state index in [1.54, 1.807) is 51.4 Å². The molecule has 4 aliphatic rings. The molecule has 4 rings (SSSR count). The second-order valence-corrected chi connectivity index (χ2v) is 12.8. The lowest BCUT2D eigenvalue weighted by molar-refractivity contribution is -0.114. The smallest absolute Gasteiger partial charge is 0.0264 e. The number of hydrogen-bond donors (Lipinski definition) is 0. The van der Waals surface area contributed by atoms with E-state index in [4.69, 9.17) is 0 Å². The van der Waals surface area contributed by atoms with Gasteiger partial charge in [-0.2, -0.15) is 0 Å². The van der Waals surface area contributed by atoms with Crippen LogP contribution in [0.3, 0.4) is 0 Å².